The zero-order chi connectivity index (χ0) is 9.84. The van der Waals surface area contributed by atoms with Crippen LogP contribution in [-0.4, -0.2) is 32.5 Å². The number of carbonyl (C=O) groups excluding carboxylic acids is 1. The lowest BCUT2D eigenvalue weighted by atomic mass is 10.3. The summed E-state index contributed by atoms with van der Waals surface area (Å²) in [6, 6.07) is -0.914. The average Bonchev–Trinajstić information content (AvgIpc) is 2.03. The van der Waals surface area contributed by atoms with Gasteiger partial charge in [0.2, 0.25) is 0 Å². The van der Waals surface area contributed by atoms with Crippen molar-refractivity contribution in [2.45, 2.75) is 0 Å². The number of amides is 2. The smallest absolute Gasteiger partial charge is 0.341 e. The summed E-state index contributed by atoms with van der Waals surface area (Å²) in [5, 5.41) is 20.3. The van der Waals surface area contributed by atoms with Crippen LogP contribution in [0.3, 0.4) is 0 Å². The maximum atomic E-state index is 10.5. The van der Waals surface area contributed by atoms with E-state index >= 15 is 0 Å². The lowest BCUT2D eigenvalue weighted by Gasteiger charge is -2.01. The molecule has 1 aromatic heterocycles. The third-order valence-corrected chi connectivity index (χ3v) is 1.11. The number of primary amides is 1. The molecule has 68 valence electrons. The van der Waals surface area contributed by atoms with E-state index in [1.165, 1.54) is 0 Å². The summed E-state index contributed by atoms with van der Waals surface area (Å²) in [6.45, 7) is 0. The highest BCUT2D eigenvalue weighted by Crippen LogP contribution is 2.07. The maximum Gasteiger partial charge on any atom is 0.341 e. The van der Waals surface area contributed by atoms with Crippen molar-refractivity contribution >= 4 is 17.8 Å². The molecule has 0 unspecified atom stereocenters. The van der Waals surface area contributed by atoms with Crippen LogP contribution in [0.25, 0.3) is 0 Å². The Kier molecular flexibility index (Phi) is 2.33. The first-order valence-corrected chi connectivity index (χ1v) is 3.09. The van der Waals surface area contributed by atoms with E-state index in [1.807, 2.05) is 5.32 Å². The number of hydrogen-bond donors (Lipinski definition) is 3. The molecule has 8 nitrogen and oxygen atoms in total. The van der Waals surface area contributed by atoms with Crippen molar-refractivity contribution in [2.24, 2.45) is 5.73 Å². The number of rotatable bonds is 2. The highest BCUT2D eigenvalue weighted by atomic mass is 16.4. The molecule has 0 aliphatic heterocycles. The van der Waals surface area contributed by atoms with Crippen LogP contribution in [0.2, 0.25) is 0 Å². The van der Waals surface area contributed by atoms with Gasteiger partial charge >= 0.3 is 12.0 Å². The predicted molar refractivity (Wildman–Crippen MR) is 40.0 cm³/mol. The molecule has 2 amide bonds. The molecule has 0 fully saturated rings. The number of aromatic carboxylic acids is 1. The molecule has 0 atom stereocenters. The third kappa shape index (κ3) is 2.09. The number of carboxylic acids is 1. The third-order valence-electron chi connectivity index (χ3n) is 1.11. The van der Waals surface area contributed by atoms with Gasteiger partial charge in [0, 0.05) is 0 Å². The van der Waals surface area contributed by atoms with E-state index in [-0.39, 0.29) is 11.4 Å². The molecule has 1 heterocycles. The standard InChI is InChI=1S/C5H5N5O3/c6-5(13)8-3-2(4(11)12)1-7-10-9-3/h1H,(H,11,12)(H3,6,7,8,9,13). The summed E-state index contributed by atoms with van der Waals surface area (Å²) in [7, 11) is 0. The van der Waals surface area contributed by atoms with Crippen LogP contribution in [-0.2, 0) is 0 Å². The van der Waals surface area contributed by atoms with Gasteiger partial charge in [-0.2, -0.15) is 0 Å². The lowest BCUT2D eigenvalue weighted by molar-refractivity contribution is 0.0697. The minimum absolute atomic E-state index is 0.227. The van der Waals surface area contributed by atoms with Gasteiger partial charge in [-0.25, -0.2) is 9.59 Å². The summed E-state index contributed by atoms with van der Waals surface area (Å²) in [5.74, 6) is -1.50. The molecule has 0 aliphatic carbocycles. The first-order valence-electron chi connectivity index (χ1n) is 3.09. The second kappa shape index (κ2) is 3.43. The predicted octanol–water partition coefficient (Wildman–Crippen LogP) is -0.940. The fraction of sp³-hybridized carbons (Fsp3) is 0. The van der Waals surface area contributed by atoms with Gasteiger partial charge in [0.05, 0.1) is 6.20 Å². The van der Waals surface area contributed by atoms with Crippen LogP contribution in [0, 0.1) is 0 Å². The van der Waals surface area contributed by atoms with Crippen LogP contribution in [0.1, 0.15) is 10.4 Å². The largest absolute Gasteiger partial charge is 0.477 e. The Morgan fingerprint density at radius 2 is 2.23 bits per heavy atom. The zero-order valence-electron chi connectivity index (χ0n) is 6.26. The molecule has 4 N–H and O–H groups in total. The van der Waals surface area contributed by atoms with E-state index in [2.05, 4.69) is 15.4 Å². The summed E-state index contributed by atoms with van der Waals surface area (Å²) >= 11 is 0. The Hall–Kier alpha value is -2.25. The average molecular weight is 183 g/mol. The number of aromatic nitrogens is 3. The van der Waals surface area contributed by atoms with E-state index in [0.717, 1.165) is 6.20 Å². The van der Waals surface area contributed by atoms with Gasteiger partial charge in [-0.3, -0.25) is 5.32 Å². The molecule has 13 heavy (non-hydrogen) atoms. The number of nitrogens with one attached hydrogen (secondary N) is 1. The fourth-order valence-corrected chi connectivity index (χ4v) is 0.635. The summed E-state index contributed by atoms with van der Waals surface area (Å²) in [4.78, 5) is 20.9. The number of nitrogens with two attached hydrogens (primary N) is 1. The van der Waals surface area contributed by atoms with Crippen molar-refractivity contribution in [3.63, 3.8) is 0 Å². The second-order valence-corrected chi connectivity index (χ2v) is 1.99. The molecule has 0 saturated heterocycles. The van der Waals surface area contributed by atoms with E-state index in [9.17, 15) is 9.59 Å². The van der Waals surface area contributed by atoms with Crippen molar-refractivity contribution < 1.29 is 14.7 Å². The summed E-state index contributed by atoms with van der Waals surface area (Å²) in [5.41, 5.74) is 4.49. The summed E-state index contributed by atoms with van der Waals surface area (Å²) < 4.78 is 0. The monoisotopic (exact) mass is 183 g/mol. The SMILES string of the molecule is NC(=O)Nc1nnncc1C(=O)O. The molecule has 0 spiro atoms. The van der Waals surface area contributed by atoms with Gasteiger partial charge < -0.3 is 10.8 Å². The topological polar surface area (TPSA) is 131 Å². The van der Waals surface area contributed by atoms with Gasteiger partial charge in [0.25, 0.3) is 0 Å². The molecule has 0 saturated carbocycles. The van der Waals surface area contributed by atoms with E-state index < -0.39 is 12.0 Å². The molecule has 0 bridgehead atoms. The number of carboxylic acid groups (broad SMARTS) is 1. The Balaban J connectivity index is 3.04. The number of carbonyl (C=O) groups is 2. The Bertz CT molecular complexity index is 352. The van der Waals surface area contributed by atoms with Gasteiger partial charge in [-0.05, 0) is 5.21 Å². The van der Waals surface area contributed by atoms with Crippen molar-refractivity contribution in [3.8, 4) is 0 Å². The van der Waals surface area contributed by atoms with Gasteiger partial charge in [0.1, 0.15) is 5.56 Å². The quantitative estimate of drug-likeness (QED) is 0.542. The number of urea groups is 1. The highest BCUT2D eigenvalue weighted by molar-refractivity contribution is 5.97. The minimum Gasteiger partial charge on any atom is -0.477 e. The van der Waals surface area contributed by atoms with Crippen LogP contribution in [0.5, 0.6) is 0 Å². The maximum absolute atomic E-state index is 10.5. The van der Waals surface area contributed by atoms with Gasteiger partial charge in [-0.15, -0.1) is 10.2 Å². The van der Waals surface area contributed by atoms with Crippen LogP contribution in [0.15, 0.2) is 6.20 Å². The molecule has 1 rings (SSSR count). The molecule has 1 aromatic rings. The first-order chi connectivity index (χ1) is 6.11. The first kappa shape index (κ1) is 8.84. The van der Waals surface area contributed by atoms with Crippen molar-refractivity contribution in [1.82, 2.24) is 15.4 Å². The van der Waals surface area contributed by atoms with Crippen molar-refractivity contribution in [3.05, 3.63) is 11.8 Å². The Morgan fingerprint density at radius 1 is 1.54 bits per heavy atom. The van der Waals surface area contributed by atoms with Gasteiger partial charge in [0.15, 0.2) is 5.82 Å². The Labute approximate surface area is 71.8 Å². The molecule has 0 radical (unpaired) electrons. The van der Waals surface area contributed by atoms with E-state index in [1.54, 1.807) is 0 Å². The normalized spacial score (nSPS) is 9.23. The van der Waals surface area contributed by atoms with Crippen molar-refractivity contribution in [2.75, 3.05) is 5.32 Å². The van der Waals surface area contributed by atoms with Gasteiger partial charge in [-0.1, -0.05) is 0 Å². The molecule has 0 aliphatic rings. The molecule has 0 aromatic carbocycles. The van der Waals surface area contributed by atoms with Crippen LogP contribution in [0.4, 0.5) is 10.6 Å². The van der Waals surface area contributed by atoms with E-state index in [0.29, 0.717) is 0 Å². The van der Waals surface area contributed by atoms with Crippen LogP contribution >= 0.6 is 0 Å². The van der Waals surface area contributed by atoms with Crippen molar-refractivity contribution in [1.29, 1.82) is 0 Å². The number of hydrogen-bond acceptors (Lipinski definition) is 5. The number of nitrogens with zero attached hydrogens (tertiary/aromatic N) is 3. The lowest BCUT2D eigenvalue weighted by Crippen LogP contribution is -2.22. The summed E-state index contributed by atoms with van der Waals surface area (Å²) in [6.07, 6.45) is 0.959. The minimum atomic E-state index is -1.27. The van der Waals surface area contributed by atoms with E-state index in [4.69, 9.17) is 10.8 Å². The molecule has 8 heteroatoms. The highest BCUT2D eigenvalue weighted by Gasteiger charge is 2.12. The second-order valence-electron chi connectivity index (χ2n) is 1.99. The van der Waals surface area contributed by atoms with Crippen LogP contribution < -0.4 is 11.1 Å². The Morgan fingerprint density at radius 3 is 2.77 bits per heavy atom. The fourth-order valence-electron chi connectivity index (χ4n) is 0.635. The number of anilines is 1. The molecular weight excluding hydrogens is 178 g/mol. The zero-order valence-corrected chi connectivity index (χ0v) is 6.26. The molecular formula is C5H5N5O3.